The summed E-state index contributed by atoms with van der Waals surface area (Å²) in [6.07, 6.45) is 6.19. The predicted octanol–water partition coefficient (Wildman–Crippen LogP) is 2.36. The van der Waals surface area contributed by atoms with Crippen molar-refractivity contribution in [3.8, 4) is 11.8 Å². The van der Waals surface area contributed by atoms with Gasteiger partial charge in [0.05, 0.1) is 12.4 Å². The van der Waals surface area contributed by atoms with Gasteiger partial charge < -0.3 is 0 Å². The highest BCUT2D eigenvalue weighted by Crippen LogP contribution is 2.02. The molecule has 1 aromatic heterocycles. The summed E-state index contributed by atoms with van der Waals surface area (Å²) in [5, 5.41) is 0. The zero-order chi connectivity index (χ0) is 10.2. The maximum Gasteiger partial charge on any atom is 0.131 e. The van der Waals surface area contributed by atoms with Gasteiger partial charge in [-0.2, -0.15) is 0 Å². The summed E-state index contributed by atoms with van der Waals surface area (Å²) in [7, 11) is 0. The van der Waals surface area contributed by atoms with Crippen molar-refractivity contribution in [1.82, 2.24) is 9.97 Å². The van der Waals surface area contributed by atoms with Crippen molar-refractivity contribution in [1.29, 1.82) is 0 Å². The van der Waals surface area contributed by atoms with Crippen LogP contribution in [0.5, 0.6) is 0 Å². The minimum Gasteiger partial charge on any atom is -0.260 e. The van der Waals surface area contributed by atoms with Crippen molar-refractivity contribution in [2.75, 3.05) is 0 Å². The van der Waals surface area contributed by atoms with Crippen molar-refractivity contribution in [3.63, 3.8) is 0 Å². The zero-order valence-electron chi connectivity index (χ0n) is 8.20. The van der Waals surface area contributed by atoms with Gasteiger partial charge in [-0.25, -0.2) is 9.37 Å². The number of hydrogen-bond acceptors (Lipinski definition) is 2. The van der Waals surface area contributed by atoms with Gasteiger partial charge in [0.1, 0.15) is 5.69 Å². The Balaban J connectivity index is 2.28. The highest BCUT2D eigenvalue weighted by Gasteiger charge is 1.94. The van der Waals surface area contributed by atoms with Crippen LogP contribution in [0.15, 0.2) is 18.6 Å². The van der Waals surface area contributed by atoms with Gasteiger partial charge in [0, 0.05) is 18.8 Å². The average molecular weight is 192 g/mol. The number of halogens is 1. The fourth-order valence-corrected chi connectivity index (χ4v) is 0.988. The minimum atomic E-state index is -0.728. The number of hydrogen-bond donors (Lipinski definition) is 0. The lowest BCUT2D eigenvalue weighted by atomic mass is 10.2. The van der Waals surface area contributed by atoms with Crippen molar-refractivity contribution >= 4 is 0 Å². The Labute approximate surface area is 83.6 Å². The Hall–Kier alpha value is -1.43. The molecule has 1 rings (SSSR count). The number of nitrogens with zero attached hydrogens (tertiary/aromatic N) is 2. The van der Waals surface area contributed by atoms with Crippen LogP contribution in [0.25, 0.3) is 0 Å². The Kier molecular flexibility index (Phi) is 4.63. The molecule has 0 N–H and O–H groups in total. The molecule has 0 bridgehead atoms. The van der Waals surface area contributed by atoms with Crippen LogP contribution in [0, 0.1) is 11.8 Å². The van der Waals surface area contributed by atoms with Gasteiger partial charge >= 0.3 is 0 Å². The molecule has 0 saturated heterocycles. The number of rotatable bonds is 3. The highest BCUT2D eigenvalue weighted by molar-refractivity contribution is 5.23. The first-order valence-electron chi connectivity index (χ1n) is 4.68. The standard InChI is InChI=1S/C11H13FN2/c1-10(12)5-3-2-4-6-11-9-13-7-8-14-11/h7-10H,2-3,5H2,1H3. The quantitative estimate of drug-likeness (QED) is 0.542. The molecule has 0 fully saturated rings. The molecule has 1 unspecified atom stereocenters. The lowest BCUT2D eigenvalue weighted by molar-refractivity contribution is 0.336. The zero-order valence-corrected chi connectivity index (χ0v) is 8.20. The lowest BCUT2D eigenvalue weighted by Gasteiger charge is -1.95. The van der Waals surface area contributed by atoms with Crippen LogP contribution < -0.4 is 0 Å². The van der Waals surface area contributed by atoms with Crippen LogP contribution in [0.4, 0.5) is 4.39 Å². The van der Waals surface area contributed by atoms with E-state index >= 15 is 0 Å². The Morgan fingerprint density at radius 2 is 2.36 bits per heavy atom. The molecule has 0 aliphatic carbocycles. The third kappa shape index (κ3) is 4.56. The Morgan fingerprint density at radius 1 is 1.50 bits per heavy atom. The third-order valence-electron chi connectivity index (χ3n) is 1.68. The van der Waals surface area contributed by atoms with Crippen molar-refractivity contribution in [2.45, 2.75) is 32.4 Å². The van der Waals surface area contributed by atoms with E-state index < -0.39 is 6.17 Å². The summed E-state index contributed by atoms with van der Waals surface area (Å²) in [5.74, 6) is 5.81. The smallest absolute Gasteiger partial charge is 0.131 e. The van der Waals surface area contributed by atoms with Gasteiger partial charge in [-0.3, -0.25) is 4.98 Å². The summed E-state index contributed by atoms with van der Waals surface area (Å²) in [4.78, 5) is 7.89. The summed E-state index contributed by atoms with van der Waals surface area (Å²) >= 11 is 0. The molecule has 0 saturated carbocycles. The molecule has 1 aromatic rings. The largest absolute Gasteiger partial charge is 0.260 e. The molecule has 1 atom stereocenters. The van der Waals surface area contributed by atoms with Crippen LogP contribution in [0.1, 0.15) is 31.9 Å². The predicted molar refractivity (Wildman–Crippen MR) is 53.3 cm³/mol. The molecule has 0 spiro atoms. The topological polar surface area (TPSA) is 25.8 Å². The van der Waals surface area contributed by atoms with E-state index in [2.05, 4.69) is 21.8 Å². The van der Waals surface area contributed by atoms with Gasteiger partial charge in [0.25, 0.3) is 0 Å². The maximum absolute atomic E-state index is 12.4. The monoisotopic (exact) mass is 192 g/mol. The molecule has 0 amide bonds. The van der Waals surface area contributed by atoms with E-state index in [9.17, 15) is 4.39 Å². The summed E-state index contributed by atoms with van der Waals surface area (Å²) in [6, 6.07) is 0. The summed E-state index contributed by atoms with van der Waals surface area (Å²) in [6.45, 7) is 1.57. The van der Waals surface area contributed by atoms with Crippen LogP contribution in [-0.4, -0.2) is 16.1 Å². The van der Waals surface area contributed by atoms with E-state index in [1.165, 1.54) is 0 Å². The molecule has 0 aromatic carbocycles. The van der Waals surface area contributed by atoms with Gasteiger partial charge in [-0.1, -0.05) is 5.92 Å². The van der Waals surface area contributed by atoms with Gasteiger partial charge in [-0.15, -0.1) is 0 Å². The third-order valence-corrected chi connectivity index (χ3v) is 1.68. The molecule has 2 nitrogen and oxygen atoms in total. The average Bonchev–Trinajstić information content (AvgIpc) is 2.18. The molecule has 0 aliphatic heterocycles. The molecule has 3 heteroatoms. The fraction of sp³-hybridized carbons (Fsp3) is 0.455. The van der Waals surface area contributed by atoms with E-state index in [0.717, 1.165) is 6.42 Å². The fourth-order valence-electron chi connectivity index (χ4n) is 0.988. The first-order chi connectivity index (χ1) is 6.79. The maximum atomic E-state index is 12.4. The Bertz CT molecular complexity index is 311. The highest BCUT2D eigenvalue weighted by atomic mass is 19.1. The normalized spacial score (nSPS) is 11.6. The van der Waals surface area contributed by atoms with Crippen molar-refractivity contribution < 1.29 is 4.39 Å². The minimum absolute atomic E-state index is 0.579. The SMILES string of the molecule is CC(F)CCCC#Cc1cnccn1. The Morgan fingerprint density at radius 3 is 3.00 bits per heavy atom. The first kappa shape index (κ1) is 10.6. The van der Waals surface area contributed by atoms with E-state index in [0.29, 0.717) is 18.5 Å². The molecule has 74 valence electrons. The van der Waals surface area contributed by atoms with Crippen LogP contribution in [0.2, 0.25) is 0 Å². The van der Waals surface area contributed by atoms with E-state index in [4.69, 9.17) is 0 Å². The van der Waals surface area contributed by atoms with Crippen molar-refractivity contribution in [3.05, 3.63) is 24.3 Å². The second kappa shape index (κ2) is 6.09. The van der Waals surface area contributed by atoms with E-state index in [-0.39, 0.29) is 0 Å². The molecular formula is C11H13FN2. The summed E-state index contributed by atoms with van der Waals surface area (Å²) in [5.41, 5.74) is 0.667. The van der Waals surface area contributed by atoms with Crippen LogP contribution >= 0.6 is 0 Å². The molecule has 1 heterocycles. The lowest BCUT2D eigenvalue weighted by Crippen LogP contribution is -1.90. The van der Waals surface area contributed by atoms with Gasteiger partial charge in [-0.05, 0) is 25.7 Å². The molecule has 0 aliphatic rings. The van der Waals surface area contributed by atoms with E-state index in [1.807, 2.05) is 0 Å². The van der Waals surface area contributed by atoms with Gasteiger partial charge in [0.2, 0.25) is 0 Å². The first-order valence-corrected chi connectivity index (χ1v) is 4.68. The second-order valence-corrected chi connectivity index (χ2v) is 3.07. The number of unbranched alkanes of at least 4 members (excludes halogenated alkanes) is 1. The number of aromatic nitrogens is 2. The van der Waals surface area contributed by atoms with Crippen LogP contribution in [0.3, 0.4) is 0 Å². The molecule has 14 heavy (non-hydrogen) atoms. The van der Waals surface area contributed by atoms with Gasteiger partial charge in [0.15, 0.2) is 0 Å². The molecular weight excluding hydrogens is 179 g/mol. The second-order valence-electron chi connectivity index (χ2n) is 3.07. The van der Waals surface area contributed by atoms with Crippen LogP contribution in [-0.2, 0) is 0 Å². The van der Waals surface area contributed by atoms with Crippen molar-refractivity contribution in [2.24, 2.45) is 0 Å². The molecule has 0 radical (unpaired) electrons. The van der Waals surface area contributed by atoms with E-state index in [1.54, 1.807) is 25.5 Å². The number of alkyl halides is 1. The summed E-state index contributed by atoms with van der Waals surface area (Å²) < 4.78 is 12.4.